The van der Waals surface area contributed by atoms with Crippen LogP contribution in [0.3, 0.4) is 0 Å². The van der Waals surface area contributed by atoms with Crippen molar-refractivity contribution in [2.24, 2.45) is 0 Å². The average molecular weight is 288 g/mol. The quantitative estimate of drug-likeness (QED) is 0.761. The van der Waals surface area contributed by atoms with Crippen LogP contribution in [0.1, 0.15) is 31.1 Å². The van der Waals surface area contributed by atoms with Gasteiger partial charge in [0.05, 0.1) is 17.9 Å². The largest absolute Gasteiger partial charge is 0.298 e. The van der Waals surface area contributed by atoms with Gasteiger partial charge < -0.3 is 0 Å². The van der Waals surface area contributed by atoms with E-state index in [1.165, 1.54) is 5.56 Å². The molecule has 0 spiro atoms. The molecule has 0 aliphatic rings. The number of aryl methyl sites for hydroxylation is 1. The molecular weight excluding hydrogens is 268 g/mol. The summed E-state index contributed by atoms with van der Waals surface area (Å²) in [6.45, 7) is 6.21. The Bertz CT molecular complexity index is 590. The van der Waals surface area contributed by atoms with Crippen molar-refractivity contribution in [3.63, 3.8) is 0 Å². The van der Waals surface area contributed by atoms with E-state index in [4.69, 9.17) is 0 Å². The summed E-state index contributed by atoms with van der Waals surface area (Å²) in [6, 6.07) is 10.5. The molecule has 0 aliphatic carbocycles. The molecule has 2 aromatic rings. The molecular formula is C16H20N2OS. The Hall–Kier alpha value is -1.55. The minimum Gasteiger partial charge on any atom is -0.298 e. The third-order valence-corrected chi connectivity index (χ3v) is 4.01. The summed E-state index contributed by atoms with van der Waals surface area (Å²) in [5.41, 5.74) is 2.08. The number of aromatic nitrogens is 2. The molecule has 106 valence electrons. The number of Topliss-reactive ketones (excluding diaryl/α,β-unsaturated/α-hetero) is 1. The fourth-order valence-electron chi connectivity index (χ4n) is 1.88. The van der Waals surface area contributed by atoms with Crippen LogP contribution in [0.15, 0.2) is 41.4 Å². The van der Waals surface area contributed by atoms with Gasteiger partial charge in [-0.1, -0.05) is 17.7 Å². The first-order valence-corrected chi connectivity index (χ1v) is 7.78. The number of benzene rings is 1. The molecule has 4 heteroatoms. The van der Waals surface area contributed by atoms with Crippen molar-refractivity contribution in [1.82, 2.24) is 9.78 Å². The monoisotopic (exact) mass is 288 g/mol. The van der Waals surface area contributed by atoms with Gasteiger partial charge in [0, 0.05) is 17.1 Å². The Morgan fingerprint density at radius 3 is 2.80 bits per heavy atom. The molecule has 0 radical (unpaired) electrons. The third-order valence-electron chi connectivity index (χ3n) is 2.96. The molecule has 0 aliphatic heterocycles. The van der Waals surface area contributed by atoms with Gasteiger partial charge in [0.25, 0.3) is 0 Å². The molecule has 0 fully saturated rings. The summed E-state index contributed by atoms with van der Waals surface area (Å²) >= 11 is 1.59. The Labute approximate surface area is 124 Å². The third kappa shape index (κ3) is 4.23. The van der Waals surface area contributed by atoms with Crippen LogP contribution < -0.4 is 0 Å². The number of carbonyl (C=O) groups is 1. The van der Waals surface area contributed by atoms with E-state index in [2.05, 4.69) is 38.0 Å². The van der Waals surface area contributed by atoms with Crippen LogP contribution in [0.25, 0.3) is 0 Å². The highest BCUT2D eigenvalue weighted by atomic mass is 32.2. The normalized spacial score (nSPS) is 11.0. The summed E-state index contributed by atoms with van der Waals surface area (Å²) in [5.74, 6) is 0.711. The SMILES string of the molecule is Cc1cccc(SCC(=O)Cc2ccn(C(C)C)n2)c1. The van der Waals surface area contributed by atoms with Gasteiger partial charge >= 0.3 is 0 Å². The van der Waals surface area contributed by atoms with Crippen molar-refractivity contribution in [2.45, 2.75) is 38.1 Å². The first-order chi connectivity index (χ1) is 9.54. The second kappa shape index (κ2) is 6.75. The second-order valence-corrected chi connectivity index (χ2v) is 6.25. The van der Waals surface area contributed by atoms with Crippen molar-refractivity contribution in [2.75, 3.05) is 5.75 Å². The van der Waals surface area contributed by atoms with Gasteiger partial charge in [-0.25, -0.2) is 0 Å². The van der Waals surface area contributed by atoms with Crippen LogP contribution in [-0.4, -0.2) is 21.3 Å². The maximum Gasteiger partial charge on any atom is 0.149 e. The number of hydrogen-bond donors (Lipinski definition) is 0. The van der Waals surface area contributed by atoms with Crippen LogP contribution in [-0.2, 0) is 11.2 Å². The smallest absolute Gasteiger partial charge is 0.149 e. The maximum absolute atomic E-state index is 12.0. The van der Waals surface area contributed by atoms with Gasteiger partial charge in [0.1, 0.15) is 5.78 Å². The molecule has 3 nitrogen and oxygen atoms in total. The second-order valence-electron chi connectivity index (χ2n) is 5.20. The number of carbonyl (C=O) groups excluding carboxylic acids is 1. The van der Waals surface area contributed by atoms with Crippen molar-refractivity contribution < 1.29 is 4.79 Å². The van der Waals surface area contributed by atoms with Gasteiger partial charge in [-0.05, 0) is 39.0 Å². The van der Waals surface area contributed by atoms with Crippen molar-refractivity contribution in [1.29, 1.82) is 0 Å². The Kier molecular flexibility index (Phi) is 5.01. The van der Waals surface area contributed by atoms with Crippen molar-refractivity contribution >= 4 is 17.5 Å². The molecule has 0 atom stereocenters. The predicted octanol–water partition coefficient (Wildman–Crippen LogP) is 3.68. The number of hydrogen-bond acceptors (Lipinski definition) is 3. The lowest BCUT2D eigenvalue weighted by Gasteiger charge is -2.04. The molecule has 0 amide bonds. The maximum atomic E-state index is 12.0. The lowest BCUT2D eigenvalue weighted by Crippen LogP contribution is -2.08. The summed E-state index contributed by atoms with van der Waals surface area (Å²) < 4.78 is 1.89. The Morgan fingerprint density at radius 2 is 2.15 bits per heavy atom. The van der Waals surface area contributed by atoms with E-state index in [-0.39, 0.29) is 5.78 Å². The zero-order valence-electron chi connectivity index (χ0n) is 12.2. The van der Waals surface area contributed by atoms with Crippen LogP contribution in [0.5, 0.6) is 0 Å². The first-order valence-electron chi connectivity index (χ1n) is 6.80. The van der Waals surface area contributed by atoms with Gasteiger partial charge in [0.2, 0.25) is 0 Å². The zero-order chi connectivity index (χ0) is 14.5. The van der Waals surface area contributed by atoms with Crippen LogP contribution in [0.4, 0.5) is 0 Å². The summed E-state index contributed by atoms with van der Waals surface area (Å²) in [6.07, 6.45) is 2.35. The molecule has 0 N–H and O–H groups in total. The van der Waals surface area contributed by atoms with E-state index in [0.717, 1.165) is 10.6 Å². The Morgan fingerprint density at radius 1 is 1.35 bits per heavy atom. The summed E-state index contributed by atoms with van der Waals surface area (Å²) in [4.78, 5) is 13.1. The summed E-state index contributed by atoms with van der Waals surface area (Å²) in [5, 5.41) is 4.41. The number of rotatable bonds is 6. The molecule has 0 bridgehead atoms. The van der Waals surface area contributed by atoms with Crippen molar-refractivity contribution in [3.05, 3.63) is 47.8 Å². The van der Waals surface area contributed by atoms with E-state index >= 15 is 0 Å². The molecule has 2 rings (SSSR count). The molecule has 1 heterocycles. The fraction of sp³-hybridized carbons (Fsp3) is 0.375. The van der Waals surface area contributed by atoms with Gasteiger partial charge in [-0.2, -0.15) is 5.10 Å². The molecule has 0 unspecified atom stereocenters. The topological polar surface area (TPSA) is 34.9 Å². The van der Waals surface area contributed by atoms with Gasteiger partial charge in [-0.15, -0.1) is 11.8 Å². The minimum atomic E-state index is 0.213. The molecule has 1 aromatic carbocycles. The minimum absolute atomic E-state index is 0.213. The number of nitrogens with zero attached hydrogens (tertiary/aromatic N) is 2. The molecule has 0 saturated heterocycles. The highest BCUT2D eigenvalue weighted by Crippen LogP contribution is 2.19. The van der Waals surface area contributed by atoms with Crippen LogP contribution >= 0.6 is 11.8 Å². The number of thioether (sulfide) groups is 1. The zero-order valence-corrected chi connectivity index (χ0v) is 13.0. The standard InChI is InChI=1S/C16H20N2OS/c1-12(2)18-8-7-14(17-18)10-15(19)11-20-16-6-4-5-13(3)9-16/h4-9,12H,10-11H2,1-3H3. The van der Waals surface area contributed by atoms with Gasteiger partial charge in [0.15, 0.2) is 0 Å². The Balaban J connectivity index is 1.86. The summed E-state index contributed by atoms with van der Waals surface area (Å²) in [7, 11) is 0. The van der Waals surface area contributed by atoms with Crippen LogP contribution in [0, 0.1) is 6.92 Å². The predicted molar refractivity (Wildman–Crippen MR) is 83.2 cm³/mol. The van der Waals surface area contributed by atoms with E-state index < -0.39 is 0 Å². The average Bonchev–Trinajstić information content (AvgIpc) is 2.85. The highest BCUT2D eigenvalue weighted by molar-refractivity contribution is 8.00. The lowest BCUT2D eigenvalue weighted by molar-refractivity contribution is -0.116. The van der Waals surface area contributed by atoms with E-state index in [0.29, 0.717) is 18.2 Å². The lowest BCUT2D eigenvalue weighted by atomic mass is 10.2. The van der Waals surface area contributed by atoms with Crippen molar-refractivity contribution in [3.8, 4) is 0 Å². The van der Waals surface area contributed by atoms with E-state index in [1.807, 2.05) is 29.1 Å². The van der Waals surface area contributed by atoms with Crippen LogP contribution in [0.2, 0.25) is 0 Å². The first kappa shape index (κ1) is 14.9. The molecule has 0 saturated carbocycles. The molecule has 1 aromatic heterocycles. The fourth-order valence-corrected chi connectivity index (χ4v) is 2.76. The molecule has 20 heavy (non-hydrogen) atoms. The van der Waals surface area contributed by atoms with E-state index in [9.17, 15) is 4.79 Å². The van der Waals surface area contributed by atoms with Gasteiger partial charge in [-0.3, -0.25) is 9.48 Å². The van der Waals surface area contributed by atoms with E-state index in [1.54, 1.807) is 11.8 Å². The number of ketones is 1. The highest BCUT2D eigenvalue weighted by Gasteiger charge is 2.08.